The SMILES string of the molecule is CS(=O)(=O)OCCCC(=O)C1(C2CCOCC2)COC1. The second-order valence-corrected chi connectivity index (χ2v) is 7.23. The molecule has 2 fully saturated rings. The molecule has 116 valence electrons. The molecule has 7 heteroatoms. The smallest absolute Gasteiger partial charge is 0.264 e. The molecule has 0 spiro atoms. The zero-order valence-electron chi connectivity index (χ0n) is 11.8. The fourth-order valence-electron chi connectivity index (χ4n) is 2.89. The predicted octanol–water partition coefficient (Wildman–Crippen LogP) is 0.755. The van der Waals surface area contributed by atoms with Gasteiger partial charge >= 0.3 is 0 Å². The zero-order chi connectivity index (χ0) is 14.6. The van der Waals surface area contributed by atoms with E-state index in [1.807, 2.05) is 0 Å². The highest BCUT2D eigenvalue weighted by Gasteiger charge is 2.50. The van der Waals surface area contributed by atoms with Crippen LogP contribution in [0.15, 0.2) is 0 Å². The van der Waals surface area contributed by atoms with Crippen molar-refractivity contribution in [3.8, 4) is 0 Å². The van der Waals surface area contributed by atoms with Crippen LogP contribution in [0.3, 0.4) is 0 Å². The first-order valence-electron chi connectivity index (χ1n) is 6.97. The lowest BCUT2D eigenvalue weighted by Gasteiger charge is -2.47. The van der Waals surface area contributed by atoms with Crippen molar-refractivity contribution in [1.29, 1.82) is 0 Å². The van der Waals surface area contributed by atoms with Gasteiger partial charge in [-0.15, -0.1) is 0 Å². The molecule has 0 radical (unpaired) electrons. The van der Waals surface area contributed by atoms with Gasteiger partial charge in [-0.1, -0.05) is 0 Å². The number of hydrogen-bond donors (Lipinski definition) is 0. The maximum atomic E-state index is 12.4. The number of Topliss-reactive ketones (excluding diaryl/α,β-unsaturated/α-hetero) is 1. The molecular formula is C13H22O6S. The summed E-state index contributed by atoms with van der Waals surface area (Å²) in [4.78, 5) is 12.4. The van der Waals surface area contributed by atoms with Gasteiger partial charge in [-0.2, -0.15) is 8.42 Å². The molecule has 2 aliphatic heterocycles. The number of rotatable bonds is 7. The van der Waals surface area contributed by atoms with Gasteiger partial charge in [0.05, 0.1) is 31.5 Å². The molecule has 0 aromatic heterocycles. The van der Waals surface area contributed by atoms with Crippen molar-refractivity contribution in [2.75, 3.05) is 39.3 Å². The highest BCUT2D eigenvalue weighted by atomic mass is 32.2. The van der Waals surface area contributed by atoms with E-state index < -0.39 is 10.1 Å². The molecule has 2 heterocycles. The Kier molecular flexibility index (Phi) is 5.17. The van der Waals surface area contributed by atoms with Crippen molar-refractivity contribution in [1.82, 2.24) is 0 Å². The lowest BCUT2D eigenvalue weighted by molar-refractivity contribution is -0.180. The van der Waals surface area contributed by atoms with E-state index in [9.17, 15) is 13.2 Å². The molecule has 0 saturated carbocycles. The molecule has 0 aromatic rings. The van der Waals surface area contributed by atoms with E-state index in [1.54, 1.807) is 0 Å². The summed E-state index contributed by atoms with van der Waals surface area (Å²) in [6.07, 6.45) is 3.58. The first-order chi connectivity index (χ1) is 9.44. The fourth-order valence-corrected chi connectivity index (χ4v) is 3.31. The maximum absolute atomic E-state index is 12.4. The van der Waals surface area contributed by atoms with Crippen molar-refractivity contribution < 1.29 is 26.9 Å². The van der Waals surface area contributed by atoms with Gasteiger partial charge in [0, 0.05) is 19.6 Å². The van der Waals surface area contributed by atoms with Crippen molar-refractivity contribution >= 4 is 15.9 Å². The van der Waals surface area contributed by atoms with E-state index in [4.69, 9.17) is 9.47 Å². The number of carbonyl (C=O) groups is 1. The average Bonchev–Trinajstić information content (AvgIpc) is 2.33. The van der Waals surface area contributed by atoms with Gasteiger partial charge in [-0.25, -0.2) is 0 Å². The Bertz CT molecular complexity index is 434. The molecule has 0 N–H and O–H groups in total. The van der Waals surface area contributed by atoms with Gasteiger partial charge in [0.2, 0.25) is 0 Å². The molecule has 0 bridgehead atoms. The molecule has 2 saturated heterocycles. The topological polar surface area (TPSA) is 78.9 Å². The van der Waals surface area contributed by atoms with Crippen LogP contribution in [-0.2, 0) is 28.6 Å². The van der Waals surface area contributed by atoms with Crippen LogP contribution in [0.1, 0.15) is 25.7 Å². The highest BCUT2D eigenvalue weighted by Crippen LogP contribution is 2.43. The second kappa shape index (κ2) is 6.51. The van der Waals surface area contributed by atoms with E-state index in [0.717, 1.165) is 19.1 Å². The molecule has 0 amide bonds. The predicted molar refractivity (Wildman–Crippen MR) is 71.8 cm³/mol. The van der Waals surface area contributed by atoms with E-state index in [-0.39, 0.29) is 17.8 Å². The summed E-state index contributed by atoms with van der Waals surface area (Å²) in [5, 5.41) is 0. The average molecular weight is 306 g/mol. The van der Waals surface area contributed by atoms with Gasteiger partial charge in [-0.05, 0) is 25.2 Å². The number of ketones is 1. The van der Waals surface area contributed by atoms with Crippen LogP contribution in [0.4, 0.5) is 0 Å². The van der Waals surface area contributed by atoms with Gasteiger partial charge < -0.3 is 9.47 Å². The summed E-state index contributed by atoms with van der Waals surface area (Å²) < 4.78 is 37.0. The van der Waals surface area contributed by atoms with Gasteiger partial charge in [0.25, 0.3) is 10.1 Å². The third kappa shape index (κ3) is 3.78. The molecule has 0 atom stereocenters. The summed E-state index contributed by atoms with van der Waals surface area (Å²) in [7, 11) is -3.42. The Morgan fingerprint density at radius 1 is 1.25 bits per heavy atom. The second-order valence-electron chi connectivity index (χ2n) is 5.59. The number of hydrogen-bond acceptors (Lipinski definition) is 6. The molecule has 2 aliphatic rings. The zero-order valence-corrected chi connectivity index (χ0v) is 12.6. The molecule has 0 aromatic carbocycles. The lowest BCUT2D eigenvalue weighted by Crippen LogP contribution is -2.55. The normalized spacial score (nSPS) is 23.2. The summed E-state index contributed by atoms with van der Waals surface area (Å²) in [5.41, 5.74) is -0.366. The van der Waals surface area contributed by atoms with Gasteiger partial charge in [0.1, 0.15) is 5.78 Å². The largest absolute Gasteiger partial charge is 0.381 e. The molecule has 0 aliphatic carbocycles. The van der Waals surface area contributed by atoms with Crippen molar-refractivity contribution in [3.63, 3.8) is 0 Å². The minimum Gasteiger partial charge on any atom is -0.381 e. The quantitative estimate of drug-likeness (QED) is 0.510. The third-order valence-corrected chi connectivity index (χ3v) is 4.72. The van der Waals surface area contributed by atoms with Crippen LogP contribution in [0, 0.1) is 11.3 Å². The summed E-state index contributed by atoms with van der Waals surface area (Å²) in [6, 6.07) is 0. The van der Waals surface area contributed by atoms with Crippen LogP contribution in [0.2, 0.25) is 0 Å². The Balaban J connectivity index is 1.83. The van der Waals surface area contributed by atoms with Crippen LogP contribution >= 0.6 is 0 Å². The standard InChI is InChI=1S/C13H22O6S/c1-20(15,16)19-6-2-3-12(14)13(9-18-10-13)11-4-7-17-8-5-11/h11H,2-10H2,1H3. The van der Waals surface area contributed by atoms with Crippen molar-refractivity contribution in [2.24, 2.45) is 11.3 Å². The lowest BCUT2D eigenvalue weighted by atomic mass is 9.66. The Hall–Kier alpha value is -0.500. The molecule has 6 nitrogen and oxygen atoms in total. The summed E-state index contributed by atoms with van der Waals surface area (Å²) in [5.74, 6) is 0.501. The minimum atomic E-state index is -3.42. The molecule has 0 unspecified atom stereocenters. The van der Waals surface area contributed by atoms with Crippen molar-refractivity contribution in [3.05, 3.63) is 0 Å². The van der Waals surface area contributed by atoms with Gasteiger partial charge in [0.15, 0.2) is 0 Å². The summed E-state index contributed by atoms with van der Waals surface area (Å²) >= 11 is 0. The van der Waals surface area contributed by atoms with Crippen LogP contribution in [-0.4, -0.2) is 53.5 Å². The molecule has 2 rings (SSSR count). The van der Waals surface area contributed by atoms with E-state index in [0.29, 0.717) is 45.2 Å². The molecule has 20 heavy (non-hydrogen) atoms. The monoisotopic (exact) mass is 306 g/mol. The first-order valence-corrected chi connectivity index (χ1v) is 8.79. The minimum absolute atomic E-state index is 0.0648. The van der Waals surface area contributed by atoms with E-state index >= 15 is 0 Å². The fraction of sp³-hybridized carbons (Fsp3) is 0.923. The Labute approximate surface area is 119 Å². The third-order valence-electron chi connectivity index (χ3n) is 4.12. The summed E-state index contributed by atoms with van der Waals surface area (Å²) in [6.45, 7) is 2.45. The Morgan fingerprint density at radius 3 is 2.40 bits per heavy atom. The van der Waals surface area contributed by atoms with Gasteiger partial charge in [-0.3, -0.25) is 8.98 Å². The van der Waals surface area contributed by atoms with Crippen LogP contribution in [0.5, 0.6) is 0 Å². The van der Waals surface area contributed by atoms with Crippen LogP contribution < -0.4 is 0 Å². The number of carbonyl (C=O) groups excluding carboxylic acids is 1. The first kappa shape index (κ1) is 15.9. The van der Waals surface area contributed by atoms with Crippen LogP contribution in [0.25, 0.3) is 0 Å². The molecular weight excluding hydrogens is 284 g/mol. The Morgan fingerprint density at radius 2 is 1.90 bits per heavy atom. The van der Waals surface area contributed by atoms with Crippen molar-refractivity contribution in [2.45, 2.75) is 25.7 Å². The maximum Gasteiger partial charge on any atom is 0.264 e. The number of ether oxygens (including phenoxy) is 2. The highest BCUT2D eigenvalue weighted by molar-refractivity contribution is 7.85. The van der Waals surface area contributed by atoms with E-state index in [1.165, 1.54) is 0 Å². The van der Waals surface area contributed by atoms with E-state index in [2.05, 4.69) is 4.18 Å².